The zero-order valence-electron chi connectivity index (χ0n) is 10.5. The molecule has 0 heterocycles. The van der Waals surface area contributed by atoms with Crippen molar-refractivity contribution in [3.8, 4) is 0 Å². The molecule has 0 spiro atoms. The molecule has 0 atom stereocenters. The van der Waals surface area contributed by atoms with Gasteiger partial charge in [-0.1, -0.05) is 17.7 Å². The minimum atomic E-state index is -3.92. The zero-order valence-corrected chi connectivity index (χ0v) is 12.1. The van der Waals surface area contributed by atoms with Gasteiger partial charge in [-0.05, 0) is 42.8 Å². The Kier molecular flexibility index (Phi) is 3.87. The molecule has 7 heteroatoms. The van der Waals surface area contributed by atoms with Crippen LogP contribution in [-0.2, 0) is 10.0 Å². The standard InChI is InChI=1S/C13H12ClFN2O2S/c1-8-2-4-10(7-12(8)15)20(18,19)17-13-6-9(16)3-5-11(13)14/h2-7,17H,16H2,1H3. The zero-order chi connectivity index (χ0) is 14.9. The minimum Gasteiger partial charge on any atom is -0.399 e. The van der Waals surface area contributed by atoms with E-state index in [4.69, 9.17) is 17.3 Å². The first-order valence-corrected chi connectivity index (χ1v) is 7.50. The van der Waals surface area contributed by atoms with Crippen LogP contribution >= 0.6 is 11.6 Å². The van der Waals surface area contributed by atoms with E-state index in [9.17, 15) is 12.8 Å². The van der Waals surface area contributed by atoms with Gasteiger partial charge in [0.15, 0.2) is 0 Å². The summed E-state index contributed by atoms with van der Waals surface area (Å²) in [6.45, 7) is 1.55. The second-order valence-corrected chi connectivity index (χ2v) is 6.35. The van der Waals surface area contributed by atoms with E-state index in [0.29, 0.717) is 11.3 Å². The largest absolute Gasteiger partial charge is 0.399 e. The molecule has 0 amide bonds. The Morgan fingerprint density at radius 2 is 1.90 bits per heavy atom. The van der Waals surface area contributed by atoms with Gasteiger partial charge in [-0.15, -0.1) is 0 Å². The van der Waals surface area contributed by atoms with Crippen molar-refractivity contribution in [3.05, 3.63) is 52.8 Å². The minimum absolute atomic E-state index is 0.146. The van der Waals surface area contributed by atoms with Crippen LogP contribution in [0.1, 0.15) is 5.56 Å². The number of nitrogens with one attached hydrogen (secondary N) is 1. The first-order valence-electron chi connectivity index (χ1n) is 5.63. The molecule has 2 aromatic rings. The van der Waals surface area contributed by atoms with Gasteiger partial charge in [-0.25, -0.2) is 12.8 Å². The van der Waals surface area contributed by atoms with Crippen LogP contribution in [0, 0.1) is 12.7 Å². The maximum absolute atomic E-state index is 13.5. The number of rotatable bonds is 3. The fraction of sp³-hybridized carbons (Fsp3) is 0.0769. The summed E-state index contributed by atoms with van der Waals surface area (Å²) < 4.78 is 40.0. The number of anilines is 2. The highest BCUT2D eigenvalue weighted by Gasteiger charge is 2.17. The van der Waals surface area contributed by atoms with Crippen molar-refractivity contribution in [1.29, 1.82) is 0 Å². The first kappa shape index (κ1) is 14.6. The average molecular weight is 315 g/mol. The first-order chi connectivity index (χ1) is 9.29. The van der Waals surface area contributed by atoms with E-state index in [0.717, 1.165) is 6.07 Å². The molecule has 0 radical (unpaired) electrons. The molecular weight excluding hydrogens is 303 g/mol. The van der Waals surface area contributed by atoms with E-state index in [2.05, 4.69) is 4.72 Å². The Bertz CT molecular complexity index is 763. The van der Waals surface area contributed by atoms with Gasteiger partial charge in [0.05, 0.1) is 15.6 Å². The van der Waals surface area contributed by atoms with Crippen LogP contribution in [0.4, 0.5) is 15.8 Å². The van der Waals surface area contributed by atoms with Gasteiger partial charge < -0.3 is 5.73 Å². The number of halogens is 2. The Balaban J connectivity index is 2.40. The number of nitrogens with two attached hydrogens (primary N) is 1. The Hall–Kier alpha value is -1.79. The molecule has 0 fully saturated rings. The molecule has 0 saturated carbocycles. The van der Waals surface area contributed by atoms with Crippen molar-refractivity contribution >= 4 is 33.0 Å². The fourth-order valence-electron chi connectivity index (χ4n) is 1.57. The molecule has 4 nitrogen and oxygen atoms in total. The lowest BCUT2D eigenvalue weighted by Gasteiger charge is -2.10. The third-order valence-corrected chi connectivity index (χ3v) is 4.38. The lowest BCUT2D eigenvalue weighted by molar-refractivity contribution is 0.593. The second-order valence-electron chi connectivity index (χ2n) is 4.26. The van der Waals surface area contributed by atoms with Gasteiger partial charge >= 0.3 is 0 Å². The topological polar surface area (TPSA) is 72.2 Å². The third kappa shape index (κ3) is 3.02. The highest BCUT2D eigenvalue weighted by Crippen LogP contribution is 2.27. The smallest absolute Gasteiger partial charge is 0.262 e. The van der Waals surface area contributed by atoms with E-state index < -0.39 is 15.8 Å². The molecule has 0 saturated heterocycles. The van der Waals surface area contributed by atoms with Crippen molar-refractivity contribution in [1.82, 2.24) is 0 Å². The predicted molar refractivity (Wildman–Crippen MR) is 77.8 cm³/mol. The lowest BCUT2D eigenvalue weighted by Crippen LogP contribution is -2.13. The van der Waals surface area contributed by atoms with Crippen LogP contribution in [0.25, 0.3) is 0 Å². The van der Waals surface area contributed by atoms with Gasteiger partial charge in [-0.2, -0.15) is 0 Å². The van der Waals surface area contributed by atoms with Crippen molar-refractivity contribution in [2.24, 2.45) is 0 Å². The van der Waals surface area contributed by atoms with Crippen LogP contribution in [0.3, 0.4) is 0 Å². The highest BCUT2D eigenvalue weighted by atomic mass is 35.5. The summed E-state index contributed by atoms with van der Waals surface area (Å²) in [6, 6.07) is 8.09. The number of nitrogen functional groups attached to an aromatic ring is 1. The highest BCUT2D eigenvalue weighted by molar-refractivity contribution is 7.92. The molecule has 2 rings (SSSR count). The lowest BCUT2D eigenvalue weighted by atomic mass is 10.2. The Labute approximate surface area is 121 Å². The molecule has 0 bridgehead atoms. The molecular formula is C13H12ClFN2O2S. The number of hydrogen-bond acceptors (Lipinski definition) is 3. The summed E-state index contributed by atoms with van der Waals surface area (Å²) in [7, 11) is -3.92. The Morgan fingerprint density at radius 3 is 2.55 bits per heavy atom. The van der Waals surface area contributed by atoms with Crippen LogP contribution in [0.5, 0.6) is 0 Å². The second kappa shape index (κ2) is 5.30. The average Bonchev–Trinajstić information content (AvgIpc) is 2.36. The van der Waals surface area contributed by atoms with E-state index in [-0.39, 0.29) is 15.6 Å². The molecule has 2 aromatic carbocycles. The summed E-state index contributed by atoms with van der Waals surface area (Å²) in [5.74, 6) is -0.591. The predicted octanol–water partition coefficient (Wildman–Crippen LogP) is 3.17. The van der Waals surface area contributed by atoms with Crippen molar-refractivity contribution in [2.45, 2.75) is 11.8 Å². The number of sulfonamides is 1. The van der Waals surface area contributed by atoms with Crippen LogP contribution < -0.4 is 10.5 Å². The van der Waals surface area contributed by atoms with Crippen LogP contribution in [0.15, 0.2) is 41.3 Å². The molecule has 0 aliphatic rings. The maximum Gasteiger partial charge on any atom is 0.262 e. The van der Waals surface area contributed by atoms with E-state index in [1.807, 2.05) is 0 Å². The molecule has 3 N–H and O–H groups in total. The summed E-state index contributed by atoms with van der Waals surface area (Å²) >= 11 is 5.89. The van der Waals surface area contributed by atoms with Crippen molar-refractivity contribution < 1.29 is 12.8 Å². The molecule has 0 aliphatic carbocycles. The molecule has 0 aliphatic heterocycles. The van der Waals surface area contributed by atoms with Gasteiger partial charge in [0, 0.05) is 5.69 Å². The summed E-state index contributed by atoms with van der Waals surface area (Å²) in [5, 5.41) is 0.204. The number of benzene rings is 2. The van der Waals surface area contributed by atoms with Crippen LogP contribution in [0.2, 0.25) is 5.02 Å². The van der Waals surface area contributed by atoms with Gasteiger partial charge in [-0.3, -0.25) is 4.72 Å². The maximum atomic E-state index is 13.5. The fourth-order valence-corrected chi connectivity index (χ4v) is 2.87. The van der Waals surface area contributed by atoms with E-state index in [1.54, 1.807) is 13.0 Å². The van der Waals surface area contributed by atoms with Crippen molar-refractivity contribution in [3.63, 3.8) is 0 Å². The van der Waals surface area contributed by atoms with Gasteiger partial charge in [0.2, 0.25) is 0 Å². The normalized spacial score (nSPS) is 11.3. The molecule has 0 unspecified atom stereocenters. The quantitative estimate of drug-likeness (QED) is 0.855. The van der Waals surface area contributed by atoms with E-state index in [1.165, 1.54) is 24.3 Å². The van der Waals surface area contributed by atoms with Crippen molar-refractivity contribution in [2.75, 3.05) is 10.5 Å². The molecule has 0 aromatic heterocycles. The monoisotopic (exact) mass is 314 g/mol. The third-order valence-electron chi connectivity index (χ3n) is 2.69. The molecule has 20 heavy (non-hydrogen) atoms. The van der Waals surface area contributed by atoms with Gasteiger partial charge in [0.25, 0.3) is 10.0 Å². The number of aryl methyl sites for hydroxylation is 1. The molecule has 106 valence electrons. The summed E-state index contributed by atoms with van der Waals surface area (Å²) in [4.78, 5) is -0.181. The number of hydrogen-bond donors (Lipinski definition) is 2. The van der Waals surface area contributed by atoms with Gasteiger partial charge in [0.1, 0.15) is 5.82 Å². The summed E-state index contributed by atoms with van der Waals surface area (Å²) in [5.41, 5.74) is 6.45. The summed E-state index contributed by atoms with van der Waals surface area (Å²) in [6.07, 6.45) is 0. The van der Waals surface area contributed by atoms with E-state index >= 15 is 0 Å². The Morgan fingerprint density at radius 1 is 1.20 bits per heavy atom. The van der Waals surface area contributed by atoms with Crippen LogP contribution in [-0.4, -0.2) is 8.42 Å². The SMILES string of the molecule is Cc1ccc(S(=O)(=O)Nc2cc(N)ccc2Cl)cc1F.